The highest BCUT2D eigenvalue weighted by molar-refractivity contribution is 6.29. The number of halogens is 1. The molecule has 0 bridgehead atoms. The zero-order chi connectivity index (χ0) is 15.3. The van der Waals surface area contributed by atoms with Crippen molar-refractivity contribution in [3.63, 3.8) is 0 Å². The molecule has 0 saturated heterocycles. The van der Waals surface area contributed by atoms with Gasteiger partial charge in [-0.1, -0.05) is 51.1 Å². The Bertz CT molecular complexity index is 454. The van der Waals surface area contributed by atoms with Crippen molar-refractivity contribution in [1.29, 1.82) is 0 Å². The molecule has 1 aliphatic carbocycles. The van der Waals surface area contributed by atoms with E-state index in [2.05, 4.69) is 18.8 Å². The fourth-order valence-electron chi connectivity index (χ4n) is 3.20. The average Bonchev–Trinajstić information content (AvgIpc) is 2.64. The third-order valence-electron chi connectivity index (χ3n) is 4.10. The summed E-state index contributed by atoms with van der Waals surface area (Å²) < 4.78 is 6.17. The van der Waals surface area contributed by atoms with Gasteiger partial charge in [-0.15, -0.1) is 0 Å². The highest BCUT2D eigenvalue weighted by Gasteiger charge is 2.36. The van der Waals surface area contributed by atoms with Gasteiger partial charge in [0.1, 0.15) is 10.8 Å². The molecule has 1 aliphatic rings. The van der Waals surface area contributed by atoms with Crippen molar-refractivity contribution in [2.75, 3.05) is 6.61 Å². The highest BCUT2D eigenvalue weighted by atomic mass is 35.5. The van der Waals surface area contributed by atoms with Crippen LogP contribution in [0.2, 0.25) is 5.15 Å². The first-order valence-corrected chi connectivity index (χ1v) is 8.61. The molecule has 0 radical (unpaired) electrons. The monoisotopic (exact) mass is 310 g/mol. The van der Waals surface area contributed by atoms with Gasteiger partial charge in [0.15, 0.2) is 5.82 Å². The molecule has 1 aromatic rings. The van der Waals surface area contributed by atoms with Gasteiger partial charge in [0.25, 0.3) is 0 Å². The maximum atomic E-state index is 6.25. The molecule has 1 fully saturated rings. The van der Waals surface area contributed by atoms with Crippen LogP contribution in [0.4, 0.5) is 0 Å². The van der Waals surface area contributed by atoms with Crippen LogP contribution in [0.25, 0.3) is 0 Å². The van der Waals surface area contributed by atoms with Crippen LogP contribution in [0.1, 0.15) is 70.8 Å². The molecule has 0 aliphatic heterocycles. The van der Waals surface area contributed by atoms with Crippen molar-refractivity contribution >= 4 is 11.6 Å². The summed E-state index contributed by atoms with van der Waals surface area (Å²) in [4.78, 5) is 9.34. The summed E-state index contributed by atoms with van der Waals surface area (Å²) in [6, 6.07) is 1.89. The highest BCUT2D eigenvalue weighted by Crippen LogP contribution is 2.38. The number of nitrogens with zero attached hydrogens (tertiary/aromatic N) is 2. The van der Waals surface area contributed by atoms with Gasteiger partial charge in [0.05, 0.1) is 0 Å². The summed E-state index contributed by atoms with van der Waals surface area (Å²) >= 11 is 6.25. The third kappa shape index (κ3) is 4.40. The Hall–Kier alpha value is -0.670. The van der Waals surface area contributed by atoms with Crippen molar-refractivity contribution in [1.82, 2.24) is 9.97 Å². The van der Waals surface area contributed by atoms with E-state index in [9.17, 15) is 0 Å². The molecule has 1 aromatic heterocycles. The van der Waals surface area contributed by atoms with Crippen LogP contribution >= 0.6 is 11.6 Å². The van der Waals surface area contributed by atoms with Crippen LogP contribution in [0.15, 0.2) is 6.07 Å². The van der Waals surface area contributed by atoms with E-state index in [0.29, 0.717) is 17.7 Å². The predicted octanol–water partition coefficient (Wildman–Crippen LogP) is 4.91. The summed E-state index contributed by atoms with van der Waals surface area (Å²) in [5, 5.41) is 0.541. The lowest BCUT2D eigenvalue weighted by Crippen LogP contribution is -2.32. The maximum absolute atomic E-state index is 6.25. The van der Waals surface area contributed by atoms with Crippen molar-refractivity contribution in [2.45, 2.75) is 71.3 Å². The summed E-state index contributed by atoms with van der Waals surface area (Å²) in [6.07, 6.45) is 7.83. The van der Waals surface area contributed by atoms with Crippen LogP contribution in [-0.4, -0.2) is 16.6 Å². The second-order valence-electron chi connectivity index (χ2n) is 6.45. The van der Waals surface area contributed by atoms with Crippen LogP contribution < -0.4 is 0 Å². The minimum atomic E-state index is -0.331. The first-order chi connectivity index (χ1) is 10.1. The van der Waals surface area contributed by atoms with Gasteiger partial charge in [-0.3, -0.25) is 0 Å². The predicted molar refractivity (Wildman–Crippen MR) is 86.6 cm³/mol. The van der Waals surface area contributed by atoms with Gasteiger partial charge in [-0.05, 0) is 38.2 Å². The minimum Gasteiger partial charge on any atom is -0.367 e. The second-order valence-corrected chi connectivity index (χ2v) is 6.83. The zero-order valence-corrected chi connectivity index (χ0v) is 14.2. The average molecular weight is 311 g/mol. The minimum absolute atomic E-state index is 0.331. The Morgan fingerprint density at radius 1 is 1.19 bits per heavy atom. The quantitative estimate of drug-likeness (QED) is 0.572. The second kappa shape index (κ2) is 7.55. The van der Waals surface area contributed by atoms with E-state index in [-0.39, 0.29) is 5.60 Å². The van der Waals surface area contributed by atoms with Gasteiger partial charge in [-0.25, -0.2) is 9.97 Å². The van der Waals surface area contributed by atoms with E-state index in [4.69, 9.17) is 21.3 Å². The van der Waals surface area contributed by atoms with E-state index in [1.54, 1.807) is 0 Å². The number of hydrogen-bond acceptors (Lipinski definition) is 3. The molecule has 21 heavy (non-hydrogen) atoms. The summed E-state index contributed by atoms with van der Waals surface area (Å²) in [7, 11) is 0. The van der Waals surface area contributed by atoms with E-state index >= 15 is 0 Å². The number of ether oxygens (including phenoxy) is 1. The normalized spacial score (nSPS) is 18.7. The molecule has 0 atom stereocenters. The van der Waals surface area contributed by atoms with Crippen molar-refractivity contribution in [2.24, 2.45) is 5.92 Å². The molecule has 0 N–H and O–H groups in total. The lowest BCUT2D eigenvalue weighted by atomic mass is 9.92. The fourth-order valence-corrected chi connectivity index (χ4v) is 3.41. The lowest BCUT2D eigenvalue weighted by Gasteiger charge is -2.31. The van der Waals surface area contributed by atoms with Crippen molar-refractivity contribution in [3.8, 4) is 0 Å². The Labute approximate surface area is 133 Å². The number of aromatic nitrogens is 2. The fraction of sp³-hybridized carbons (Fsp3) is 0.765. The van der Waals surface area contributed by atoms with Crippen molar-refractivity contribution < 1.29 is 4.74 Å². The molecular formula is C17H27ClN2O. The van der Waals surface area contributed by atoms with E-state index in [1.807, 2.05) is 13.0 Å². The van der Waals surface area contributed by atoms with Gasteiger partial charge < -0.3 is 4.74 Å². The molecule has 1 heterocycles. The lowest BCUT2D eigenvalue weighted by molar-refractivity contribution is -0.0625. The largest absolute Gasteiger partial charge is 0.367 e. The smallest absolute Gasteiger partial charge is 0.162 e. The summed E-state index contributed by atoms with van der Waals surface area (Å²) in [5.41, 5.74) is 0.699. The Morgan fingerprint density at radius 2 is 1.86 bits per heavy atom. The first-order valence-electron chi connectivity index (χ1n) is 8.23. The molecule has 3 nitrogen and oxygen atoms in total. The van der Waals surface area contributed by atoms with Gasteiger partial charge in [0, 0.05) is 12.3 Å². The molecule has 0 aromatic carbocycles. The number of hydrogen-bond donors (Lipinski definition) is 0. The van der Waals surface area contributed by atoms with Crippen LogP contribution in [0.5, 0.6) is 0 Å². The van der Waals surface area contributed by atoms with E-state index < -0.39 is 0 Å². The van der Waals surface area contributed by atoms with Crippen LogP contribution in [0, 0.1) is 5.92 Å². The van der Waals surface area contributed by atoms with Crippen LogP contribution in [0.3, 0.4) is 0 Å². The maximum Gasteiger partial charge on any atom is 0.162 e. The Balaban J connectivity index is 2.36. The molecular weight excluding hydrogens is 284 g/mol. The van der Waals surface area contributed by atoms with Gasteiger partial charge in [-0.2, -0.15) is 0 Å². The van der Waals surface area contributed by atoms with Crippen LogP contribution in [-0.2, 0) is 16.8 Å². The standard InChI is InChI=1S/C17H27ClN2O/c1-4-21-17(9-7-5-6-8-10-17)16-19-14(11-13(2)3)12-15(18)20-16/h12-13H,4-11H2,1-3H3. The molecule has 1 saturated carbocycles. The van der Waals surface area contributed by atoms with Gasteiger partial charge in [0.2, 0.25) is 0 Å². The van der Waals surface area contributed by atoms with Crippen molar-refractivity contribution in [3.05, 3.63) is 22.7 Å². The Kier molecular flexibility index (Phi) is 6.00. The summed E-state index contributed by atoms with van der Waals surface area (Å²) in [6.45, 7) is 7.13. The Morgan fingerprint density at radius 3 is 2.43 bits per heavy atom. The SMILES string of the molecule is CCOC1(c2nc(Cl)cc(CC(C)C)n2)CCCCCC1. The third-order valence-corrected chi connectivity index (χ3v) is 4.30. The number of rotatable bonds is 5. The topological polar surface area (TPSA) is 35.0 Å². The molecule has 2 rings (SSSR count). The molecule has 118 valence electrons. The van der Waals surface area contributed by atoms with E-state index in [1.165, 1.54) is 25.7 Å². The van der Waals surface area contributed by atoms with Gasteiger partial charge >= 0.3 is 0 Å². The summed E-state index contributed by atoms with van der Waals surface area (Å²) in [5.74, 6) is 1.36. The van der Waals surface area contributed by atoms with E-state index in [0.717, 1.165) is 30.8 Å². The molecule has 0 unspecified atom stereocenters. The first kappa shape index (κ1) is 16.7. The molecule has 4 heteroatoms. The molecule has 0 amide bonds. The zero-order valence-electron chi connectivity index (χ0n) is 13.5. The molecule has 0 spiro atoms.